The van der Waals surface area contributed by atoms with Crippen LogP contribution in [0.15, 0.2) is 47.0 Å². The minimum absolute atomic E-state index is 0.414. The number of nitrogens with zero attached hydrogens (tertiary/aromatic N) is 6. The smallest absolute Gasteiger partial charge is 0.262 e. The predicted octanol–water partition coefficient (Wildman–Crippen LogP) is 2.72. The summed E-state index contributed by atoms with van der Waals surface area (Å²) < 4.78 is 12.7. The van der Waals surface area contributed by atoms with Crippen LogP contribution in [0.5, 0.6) is 5.75 Å². The topological polar surface area (TPSA) is 82.1 Å². The molecular formula is C19H20N6O2. The maximum Gasteiger partial charge on any atom is 0.262 e. The molecule has 0 N–H and O–H groups in total. The molecule has 8 heteroatoms. The molecule has 4 rings (SSSR count). The van der Waals surface area contributed by atoms with Gasteiger partial charge in [-0.3, -0.25) is 0 Å². The number of benzene rings is 2. The van der Waals surface area contributed by atoms with Gasteiger partial charge in [0.25, 0.3) is 5.89 Å². The molecule has 0 spiro atoms. The molecule has 0 aliphatic carbocycles. The van der Waals surface area contributed by atoms with Crippen LogP contribution in [0.2, 0.25) is 0 Å². The van der Waals surface area contributed by atoms with Crippen molar-refractivity contribution in [3.05, 3.63) is 42.5 Å². The molecule has 2 aromatic heterocycles. The van der Waals surface area contributed by atoms with Gasteiger partial charge in [-0.2, -0.15) is 4.98 Å². The van der Waals surface area contributed by atoms with Crippen molar-refractivity contribution in [3.63, 3.8) is 0 Å². The van der Waals surface area contributed by atoms with E-state index >= 15 is 0 Å². The zero-order valence-electron chi connectivity index (χ0n) is 15.5. The van der Waals surface area contributed by atoms with Crippen LogP contribution in [-0.4, -0.2) is 57.8 Å². The molecule has 138 valence electrons. The minimum atomic E-state index is 0.414. The first-order valence-electron chi connectivity index (χ1n) is 8.61. The van der Waals surface area contributed by atoms with E-state index in [0.29, 0.717) is 17.5 Å². The highest BCUT2D eigenvalue weighted by Gasteiger charge is 2.15. The molecule has 0 amide bonds. The molecule has 0 atom stereocenters. The molecule has 0 unspecified atom stereocenters. The van der Waals surface area contributed by atoms with Crippen LogP contribution >= 0.6 is 0 Å². The summed E-state index contributed by atoms with van der Waals surface area (Å²) in [6.45, 7) is 1.68. The van der Waals surface area contributed by atoms with E-state index in [2.05, 4.69) is 25.4 Å². The van der Waals surface area contributed by atoms with Gasteiger partial charge in [0.05, 0.1) is 24.7 Å². The molecule has 0 radical (unpaired) electrons. The summed E-state index contributed by atoms with van der Waals surface area (Å²) in [4.78, 5) is 6.62. The number of hydrogen-bond donors (Lipinski definition) is 0. The molecule has 4 aromatic rings. The van der Waals surface area contributed by atoms with Gasteiger partial charge in [0.15, 0.2) is 0 Å². The van der Waals surface area contributed by atoms with E-state index in [1.165, 1.54) is 0 Å². The Bertz CT molecular complexity index is 1070. The third-order valence-electron chi connectivity index (χ3n) is 4.29. The lowest BCUT2D eigenvalue weighted by Crippen LogP contribution is -2.18. The number of fused-ring (bicyclic) bond motifs is 1. The Labute approximate surface area is 156 Å². The van der Waals surface area contributed by atoms with Gasteiger partial charge in [-0.1, -0.05) is 22.5 Å². The molecule has 0 bridgehead atoms. The van der Waals surface area contributed by atoms with Gasteiger partial charge in [0.1, 0.15) is 11.3 Å². The van der Waals surface area contributed by atoms with E-state index in [9.17, 15) is 0 Å². The largest absolute Gasteiger partial charge is 0.496 e. The van der Waals surface area contributed by atoms with Crippen LogP contribution in [0.1, 0.15) is 0 Å². The zero-order chi connectivity index (χ0) is 18.8. The molecule has 2 heterocycles. The molecule has 0 aliphatic rings. The van der Waals surface area contributed by atoms with Crippen molar-refractivity contribution in [1.82, 2.24) is 30.0 Å². The second-order valence-electron chi connectivity index (χ2n) is 6.44. The van der Waals surface area contributed by atoms with Crippen LogP contribution in [-0.2, 0) is 6.54 Å². The van der Waals surface area contributed by atoms with Gasteiger partial charge in [0, 0.05) is 12.1 Å². The fourth-order valence-corrected chi connectivity index (χ4v) is 2.84. The van der Waals surface area contributed by atoms with Crippen LogP contribution < -0.4 is 4.74 Å². The van der Waals surface area contributed by atoms with E-state index in [-0.39, 0.29) is 0 Å². The number of hydrogen-bond acceptors (Lipinski definition) is 7. The maximum atomic E-state index is 5.44. The fraction of sp³-hybridized carbons (Fsp3) is 0.263. The van der Waals surface area contributed by atoms with Gasteiger partial charge in [-0.15, -0.1) is 5.10 Å². The summed E-state index contributed by atoms with van der Waals surface area (Å²) in [6, 6.07) is 13.4. The van der Waals surface area contributed by atoms with Crippen molar-refractivity contribution in [3.8, 4) is 28.6 Å². The molecule has 0 saturated carbocycles. The number of rotatable bonds is 6. The summed E-state index contributed by atoms with van der Waals surface area (Å²) in [5.41, 5.74) is 3.37. The first-order chi connectivity index (χ1) is 13.2. The SMILES string of the molecule is COc1ccccc1-c1nc(-c2ccc3c(c2)nnn3CCN(C)C)no1. The minimum Gasteiger partial charge on any atom is -0.496 e. The van der Waals surface area contributed by atoms with Crippen LogP contribution in [0.25, 0.3) is 33.9 Å². The van der Waals surface area contributed by atoms with E-state index in [4.69, 9.17) is 9.26 Å². The monoisotopic (exact) mass is 364 g/mol. The number of para-hydroxylation sites is 1. The normalized spacial score (nSPS) is 11.4. The lowest BCUT2D eigenvalue weighted by Gasteiger charge is -2.09. The van der Waals surface area contributed by atoms with Crippen LogP contribution in [0.4, 0.5) is 0 Å². The third-order valence-corrected chi connectivity index (χ3v) is 4.29. The Morgan fingerprint density at radius 3 is 2.81 bits per heavy atom. The van der Waals surface area contributed by atoms with Gasteiger partial charge >= 0.3 is 0 Å². The van der Waals surface area contributed by atoms with Crippen molar-refractivity contribution in [2.45, 2.75) is 6.54 Å². The number of aromatic nitrogens is 5. The molecule has 0 saturated heterocycles. The standard InChI is InChI=1S/C19H20N6O2/c1-24(2)10-11-25-16-9-8-13(12-15(16)21-23-25)18-20-19(27-22-18)14-6-4-5-7-17(14)26-3/h4-9,12H,10-11H2,1-3H3. The van der Waals surface area contributed by atoms with Gasteiger partial charge < -0.3 is 14.2 Å². The zero-order valence-corrected chi connectivity index (χ0v) is 15.5. The second-order valence-corrected chi connectivity index (χ2v) is 6.44. The quantitative estimate of drug-likeness (QED) is 0.520. The summed E-state index contributed by atoms with van der Waals surface area (Å²) in [5.74, 6) is 1.60. The van der Waals surface area contributed by atoms with Gasteiger partial charge in [-0.05, 0) is 44.4 Å². The van der Waals surface area contributed by atoms with Crippen molar-refractivity contribution in [2.24, 2.45) is 0 Å². The average molecular weight is 364 g/mol. The van der Waals surface area contributed by atoms with E-state index in [0.717, 1.165) is 35.2 Å². The van der Waals surface area contributed by atoms with Gasteiger partial charge in [-0.25, -0.2) is 4.68 Å². The first kappa shape index (κ1) is 17.2. The highest BCUT2D eigenvalue weighted by atomic mass is 16.5. The Hall–Kier alpha value is -3.26. The van der Waals surface area contributed by atoms with Crippen LogP contribution in [0, 0.1) is 0 Å². The summed E-state index contributed by atoms with van der Waals surface area (Å²) in [6.07, 6.45) is 0. The molecule has 27 heavy (non-hydrogen) atoms. The number of methoxy groups -OCH3 is 1. The lowest BCUT2D eigenvalue weighted by molar-refractivity contribution is 0.374. The fourth-order valence-electron chi connectivity index (χ4n) is 2.84. The van der Waals surface area contributed by atoms with Crippen LogP contribution in [0.3, 0.4) is 0 Å². The van der Waals surface area contributed by atoms with Crippen molar-refractivity contribution < 1.29 is 9.26 Å². The van der Waals surface area contributed by atoms with Crippen molar-refractivity contribution in [2.75, 3.05) is 27.7 Å². The first-order valence-corrected chi connectivity index (χ1v) is 8.61. The maximum absolute atomic E-state index is 5.44. The Morgan fingerprint density at radius 1 is 1.15 bits per heavy atom. The molecule has 8 nitrogen and oxygen atoms in total. The predicted molar refractivity (Wildman–Crippen MR) is 101 cm³/mol. The van der Waals surface area contributed by atoms with E-state index in [1.54, 1.807) is 7.11 Å². The molecule has 2 aromatic carbocycles. The molecule has 0 fully saturated rings. The Morgan fingerprint density at radius 2 is 2.00 bits per heavy atom. The Balaban J connectivity index is 1.64. The third kappa shape index (κ3) is 3.39. The number of likely N-dealkylation sites (N-methyl/N-ethyl adjacent to an activating group) is 1. The summed E-state index contributed by atoms with van der Waals surface area (Å²) in [7, 11) is 5.68. The number of ether oxygens (including phenoxy) is 1. The summed E-state index contributed by atoms with van der Waals surface area (Å²) in [5, 5.41) is 12.6. The highest BCUT2D eigenvalue weighted by molar-refractivity contribution is 5.80. The highest BCUT2D eigenvalue weighted by Crippen LogP contribution is 2.30. The lowest BCUT2D eigenvalue weighted by atomic mass is 10.2. The molecule has 0 aliphatic heterocycles. The second kappa shape index (κ2) is 7.16. The van der Waals surface area contributed by atoms with Crippen molar-refractivity contribution >= 4 is 11.0 Å². The Kier molecular flexibility index (Phi) is 4.55. The average Bonchev–Trinajstić information content (AvgIpc) is 3.33. The van der Waals surface area contributed by atoms with Gasteiger partial charge in [0.2, 0.25) is 5.82 Å². The van der Waals surface area contributed by atoms with E-state index in [1.807, 2.05) is 61.2 Å². The summed E-state index contributed by atoms with van der Waals surface area (Å²) >= 11 is 0. The molecular weight excluding hydrogens is 344 g/mol. The van der Waals surface area contributed by atoms with E-state index < -0.39 is 0 Å². The van der Waals surface area contributed by atoms with Crippen molar-refractivity contribution in [1.29, 1.82) is 0 Å².